The monoisotopic (exact) mass is 293 g/mol. The molecule has 0 bridgehead atoms. The van der Waals surface area contributed by atoms with Crippen molar-refractivity contribution >= 4 is 23.2 Å². The van der Waals surface area contributed by atoms with Crippen molar-refractivity contribution in [3.05, 3.63) is 27.7 Å². The molecule has 1 aromatic rings. The van der Waals surface area contributed by atoms with E-state index in [1.807, 2.05) is 26.0 Å². The molecule has 0 spiro atoms. The van der Waals surface area contributed by atoms with Gasteiger partial charge in [0.05, 0.1) is 16.6 Å². The molecular weight excluding hydrogens is 274 g/mol. The van der Waals surface area contributed by atoms with Crippen molar-refractivity contribution in [2.24, 2.45) is 11.7 Å². The Hall–Kier alpha value is -1.69. The zero-order chi connectivity index (χ0) is 14.7. The maximum atomic E-state index is 12.3. The summed E-state index contributed by atoms with van der Waals surface area (Å²) in [7, 11) is 0. The number of nitrogens with one attached hydrogen (secondary N) is 1. The molecule has 5 nitrogen and oxygen atoms in total. The van der Waals surface area contributed by atoms with Crippen LogP contribution in [-0.4, -0.2) is 22.8 Å². The van der Waals surface area contributed by atoms with Gasteiger partial charge in [0.1, 0.15) is 4.88 Å². The zero-order valence-electron chi connectivity index (χ0n) is 11.7. The summed E-state index contributed by atoms with van der Waals surface area (Å²) < 4.78 is 0. The van der Waals surface area contributed by atoms with Crippen LogP contribution in [0.2, 0.25) is 0 Å². The van der Waals surface area contributed by atoms with Crippen LogP contribution in [-0.2, 0) is 11.2 Å². The quantitative estimate of drug-likeness (QED) is 0.826. The Bertz CT molecular complexity index is 551. The Morgan fingerprint density at radius 1 is 1.45 bits per heavy atom. The van der Waals surface area contributed by atoms with Crippen molar-refractivity contribution < 1.29 is 9.59 Å². The first kappa shape index (κ1) is 14.7. The van der Waals surface area contributed by atoms with Gasteiger partial charge in [-0.1, -0.05) is 19.1 Å². The summed E-state index contributed by atoms with van der Waals surface area (Å²) in [5.74, 6) is -0.857. The van der Waals surface area contributed by atoms with E-state index < -0.39 is 0 Å². The van der Waals surface area contributed by atoms with Gasteiger partial charge in [-0.2, -0.15) is 0 Å². The number of aryl methyl sites for hydroxylation is 2. The molecule has 1 aliphatic carbocycles. The molecule has 0 aromatic carbocycles. The van der Waals surface area contributed by atoms with Gasteiger partial charge < -0.3 is 11.1 Å². The Labute approximate surface area is 122 Å². The molecule has 0 aliphatic heterocycles. The predicted octanol–water partition coefficient (Wildman–Crippen LogP) is 1.56. The fourth-order valence-electron chi connectivity index (χ4n) is 2.34. The third-order valence-corrected chi connectivity index (χ3v) is 4.76. The second kappa shape index (κ2) is 6.17. The third-order valence-electron chi connectivity index (χ3n) is 3.46. The summed E-state index contributed by atoms with van der Waals surface area (Å²) in [6, 6.07) is -0.225. The van der Waals surface area contributed by atoms with Crippen LogP contribution < -0.4 is 11.1 Å². The molecule has 0 saturated heterocycles. The van der Waals surface area contributed by atoms with E-state index in [-0.39, 0.29) is 23.8 Å². The van der Waals surface area contributed by atoms with Gasteiger partial charge in [-0.3, -0.25) is 9.59 Å². The average molecular weight is 293 g/mol. The van der Waals surface area contributed by atoms with E-state index in [0.717, 1.165) is 17.1 Å². The van der Waals surface area contributed by atoms with Gasteiger partial charge in [0.2, 0.25) is 5.91 Å². The van der Waals surface area contributed by atoms with Gasteiger partial charge in [-0.15, -0.1) is 11.3 Å². The third kappa shape index (κ3) is 3.07. The molecule has 1 aromatic heterocycles. The number of rotatable bonds is 4. The number of nitrogens with two attached hydrogens (primary N) is 1. The van der Waals surface area contributed by atoms with E-state index in [1.54, 1.807) is 0 Å². The molecule has 0 fully saturated rings. The normalized spacial score (nSPS) is 21.7. The van der Waals surface area contributed by atoms with E-state index in [0.29, 0.717) is 17.7 Å². The number of carbonyl (C=O) groups excluding carboxylic acids is 2. The van der Waals surface area contributed by atoms with E-state index in [2.05, 4.69) is 10.3 Å². The van der Waals surface area contributed by atoms with Crippen molar-refractivity contribution in [2.45, 2.75) is 39.2 Å². The maximum Gasteiger partial charge on any atom is 0.263 e. The summed E-state index contributed by atoms with van der Waals surface area (Å²) >= 11 is 1.41. The molecule has 0 radical (unpaired) electrons. The zero-order valence-corrected chi connectivity index (χ0v) is 12.5. The van der Waals surface area contributed by atoms with E-state index in [4.69, 9.17) is 5.73 Å². The number of amides is 2. The highest BCUT2D eigenvalue weighted by atomic mass is 32.1. The average Bonchev–Trinajstić information content (AvgIpc) is 2.80. The first-order valence-electron chi connectivity index (χ1n) is 6.74. The number of thiazole rings is 1. The smallest absolute Gasteiger partial charge is 0.263 e. The van der Waals surface area contributed by atoms with Crippen molar-refractivity contribution in [3.8, 4) is 0 Å². The van der Waals surface area contributed by atoms with Gasteiger partial charge in [-0.05, 0) is 26.2 Å². The number of nitrogens with zero attached hydrogens (tertiary/aromatic N) is 1. The van der Waals surface area contributed by atoms with Crippen LogP contribution in [0.4, 0.5) is 0 Å². The molecule has 6 heteroatoms. The van der Waals surface area contributed by atoms with Crippen LogP contribution in [0.15, 0.2) is 12.2 Å². The lowest BCUT2D eigenvalue weighted by Crippen LogP contribution is -2.46. The lowest BCUT2D eigenvalue weighted by atomic mass is 9.88. The molecule has 20 heavy (non-hydrogen) atoms. The first-order chi connectivity index (χ1) is 9.52. The summed E-state index contributed by atoms with van der Waals surface area (Å²) in [5, 5.41) is 3.87. The summed E-state index contributed by atoms with van der Waals surface area (Å²) in [5.41, 5.74) is 6.14. The van der Waals surface area contributed by atoms with E-state index in [1.165, 1.54) is 11.3 Å². The number of carbonyl (C=O) groups is 2. The number of hydrogen-bond acceptors (Lipinski definition) is 4. The molecule has 2 amide bonds. The Kier molecular flexibility index (Phi) is 4.54. The number of primary amides is 1. The van der Waals surface area contributed by atoms with Crippen molar-refractivity contribution in [1.29, 1.82) is 0 Å². The Balaban J connectivity index is 2.12. The van der Waals surface area contributed by atoms with Gasteiger partial charge in [0.15, 0.2) is 0 Å². The highest BCUT2D eigenvalue weighted by molar-refractivity contribution is 7.13. The molecule has 2 rings (SSSR count). The van der Waals surface area contributed by atoms with Crippen LogP contribution in [0.5, 0.6) is 0 Å². The molecular formula is C14H19N3O2S. The van der Waals surface area contributed by atoms with Gasteiger partial charge in [-0.25, -0.2) is 4.98 Å². The minimum atomic E-state index is -0.366. The Morgan fingerprint density at radius 2 is 2.15 bits per heavy atom. The van der Waals surface area contributed by atoms with Gasteiger partial charge in [0.25, 0.3) is 5.91 Å². The number of aromatic nitrogens is 1. The van der Waals surface area contributed by atoms with Crippen LogP contribution in [0.25, 0.3) is 0 Å². The standard InChI is InChI=1S/C14H19N3O2S/c1-3-11-16-8(2)12(20-11)14(19)17-10-7-5-4-6-9(10)13(15)18/h4-5,9-10H,3,6-7H2,1-2H3,(H2,15,18)(H,17,19)/t9-,10-/m1/s1. The highest BCUT2D eigenvalue weighted by Gasteiger charge is 2.29. The van der Waals surface area contributed by atoms with E-state index >= 15 is 0 Å². The fourth-order valence-corrected chi connectivity index (χ4v) is 3.24. The van der Waals surface area contributed by atoms with Crippen LogP contribution in [0.1, 0.15) is 40.1 Å². The topological polar surface area (TPSA) is 85.1 Å². The SMILES string of the molecule is CCc1nc(C)c(C(=O)N[C@@H]2CC=CC[C@H]2C(N)=O)s1. The van der Waals surface area contributed by atoms with Gasteiger partial charge in [0, 0.05) is 6.04 Å². The largest absolute Gasteiger partial charge is 0.369 e. The van der Waals surface area contributed by atoms with Crippen LogP contribution in [0, 0.1) is 12.8 Å². The molecule has 0 saturated carbocycles. The van der Waals surface area contributed by atoms with Gasteiger partial charge >= 0.3 is 0 Å². The number of allylic oxidation sites excluding steroid dienone is 1. The summed E-state index contributed by atoms with van der Waals surface area (Å²) in [6.07, 6.45) is 5.95. The molecule has 1 aliphatic rings. The second-order valence-electron chi connectivity index (χ2n) is 4.91. The molecule has 3 N–H and O–H groups in total. The Morgan fingerprint density at radius 3 is 2.75 bits per heavy atom. The lowest BCUT2D eigenvalue weighted by Gasteiger charge is -2.26. The summed E-state index contributed by atoms with van der Waals surface area (Å²) in [6.45, 7) is 3.84. The minimum Gasteiger partial charge on any atom is -0.369 e. The second-order valence-corrected chi connectivity index (χ2v) is 5.99. The van der Waals surface area contributed by atoms with Crippen molar-refractivity contribution in [3.63, 3.8) is 0 Å². The molecule has 108 valence electrons. The van der Waals surface area contributed by atoms with E-state index in [9.17, 15) is 9.59 Å². The molecule has 1 heterocycles. The lowest BCUT2D eigenvalue weighted by molar-refractivity contribution is -0.122. The summed E-state index contributed by atoms with van der Waals surface area (Å²) in [4.78, 5) is 28.7. The van der Waals surface area contributed by atoms with Crippen molar-refractivity contribution in [1.82, 2.24) is 10.3 Å². The first-order valence-corrected chi connectivity index (χ1v) is 7.56. The maximum absolute atomic E-state index is 12.3. The fraction of sp³-hybridized carbons (Fsp3) is 0.500. The highest BCUT2D eigenvalue weighted by Crippen LogP contribution is 2.22. The van der Waals surface area contributed by atoms with Crippen LogP contribution in [0.3, 0.4) is 0 Å². The molecule has 0 unspecified atom stereocenters. The van der Waals surface area contributed by atoms with Crippen molar-refractivity contribution in [2.75, 3.05) is 0 Å². The van der Waals surface area contributed by atoms with Crippen LogP contribution >= 0.6 is 11.3 Å². The number of hydrogen-bond donors (Lipinski definition) is 2. The molecule has 2 atom stereocenters. The predicted molar refractivity (Wildman–Crippen MR) is 78.5 cm³/mol. The minimum absolute atomic E-state index is 0.161.